The number of ether oxygens (including phenoxy) is 4. The lowest BCUT2D eigenvalue weighted by Crippen LogP contribution is -2.51. The molecule has 5 aliphatic rings. The fourth-order valence-electron chi connectivity index (χ4n) is 10.8. The molecule has 4 amide bonds. The third-order valence-electron chi connectivity index (χ3n) is 15.7. The second kappa shape index (κ2) is 23.7. The number of carbonyl (C=O) groups excluding carboxylic acids is 4. The lowest BCUT2D eigenvalue weighted by molar-refractivity contribution is -0.142. The number of aliphatic carboxylic acids is 1. The summed E-state index contributed by atoms with van der Waals surface area (Å²) in [4.78, 5) is 73.3. The number of nitrogens with zero attached hydrogens (tertiary/aromatic N) is 4. The van der Waals surface area contributed by atoms with E-state index in [0.717, 1.165) is 25.7 Å². The van der Waals surface area contributed by atoms with E-state index in [1.54, 1.807) is 4.90 Å². The van der Waals surface area contributed by atoms with Gasteiger partial charge in [-0.25, -0.2) is 14.4 Å². The standard InChI is InChI=1S/C58H78N4O13/c1-35(2)15-10-17-37(5)19-12-22-57(7)48(64)31-41-46(63)29-39-43(50(41)74-57)33-61(52(39)66)24-14-21-45(54(68)69)62-34-44-40(53(62)67)30-47(73-56(71)60-27-25-59(26-28-60)55(70)72-9)42-32-49(65)58(8,75-51(42)44)23-13-20-38(6)18-11-16-36(3)4/h15-16,19-20,29-30,45,48-49,63-65H,10-14,17-18,21-28,31-34H2,1-9H3,(H,68,69)/b37-19+,38-20+/t45-,48-,49-,57+,58+/m0/s1. The molecule has 17 heteroatoms. The summed E-state index contributed by atoms with van der Waals surface area (Å²) in [5.74, 6) is -1.65. The average molecular weight is 1040 g/mol. The van der Waals surface area contributed by atoms with E-state index in [1.165, 1.54) is 56.2 Å². The minimum atomic E-state index is -1.31. The van der Waals surface area contributed by atoms with Gasteiger partial charge in [-0.3, -0.25) is 9.59 Å². The normalized spacial score (nSPS) is 22.6. The molecular weight excluding hydrogens is 961 g/mol. The molecule has 408 valence electrons. The summed E-state index contributed by atoms with van der Waals surface area (Å²) < 4.78 is 24.2. The van der Waals surface area contributed by atoms with Crippen molar-refractivity contribution < 1.29 is 63.3 Å². The van der Waals surface area contributed by atoms with Gasteiger partial charge in [-0.2, -0.15) is 0 Å². The number of methoxy groups -OCH3 is 1. The summed E-state index contributed by atoms with van der Waals surface area (Å²) in [6.45, 7) is 17.1. The Kier molecular flexibility index (Phi) is 17.8. The third kappa shape index (κ3) is 12.7. The predicted octanol–water partition coefficient (Wildman–Crippen LogP) is 9.18. The number of benzene rings is 2. The second-order valence-electron chi connectivity index (χ2n) is 22.0. The number of aliphatic hydroxyl groups excluding tert-OH is 2. The maximum Gasteiger partial charge on any atom is 0.415 e. The maximum atomic E-state index is 14.5. The Morgan fingerprint density at radius 2 is 1.21 bits per heavy atom. The molecular formula is C58H78N4O13. The smallest absolute Gasteiger partial charge is 0.415 e. The van der Waals surface area contributed by atoms with Gasteiger partial charge in [0.2, 0.25) is 0 Å². The van der Waals surface area contributed by atoms with E-state index in [2.05, 4.69) is 65.8 Å². The zero-order valence-electron chi connectivity index (χ0n) is 45.4. The molecule has 0 spiro atoms. The molecule has 17 nitrogen and oxygen atoms in total. The van der Waals surface area contributed by atoms with Crippen molar-refractivity contribution >= 4 is 30.0 Å². The quantitative estimate of drug-likeness (QED) is 0.0967. The molecule has 7 rings (SSSR count). The summed E-state index contributed by atoms with van der Waals surface area (Å²) in [5, 5.41) is 44.9. The summed E-state index contributed by atoms with van der Waals surface area (Å²) in [6.07, 6.45) is 11.8. The van der Waals surface area contributed by atoms with Crippen LogP contribution in [0, 0.1) is 0 Å². The van der Waals surface area contributed by atoms with Gasteiger partial charge in [-0.1, -0.05) is 46.6 Å². The van der Waals surface area contributed by atoms with Crippen LogP contribution in [0.4, 0.5) is 9.59 Å². The van der Waals surface area contributed by atoms with Gasteiger partial charge in [-0.15, -0.1) is 0 Å². The highest BCUT2D eigenvalue weighted by atomic mass is 16.6. The molecule has 4 N–H and O–H groups in total. The number of allylic oxidation sites excluding steroid dienone is 8. The first kappa shape index (κ1) is 56.4. The zero-order valence-corrected chi connectivity index (χ0v) is 45.4. The van der Waals surface area contributed by atoms with Crippen molar-refractivity contribution in [2.45, 2.75) is 175 Å². The van der Waals surface area contributed by atoms with E-state index in [1.807, 2.05) is 13.8 Å². The van der Waals surface area contributed by atoms with Crippen molar-refractivity contribution in [1.82, 2.24) is 19.6 Å². The van der Waals surface area contributed by atoms with Crippen LogP contribution >= 0.6 is 0 Å². The minimum Gasteiger partial charge on any atom is -0.508 e. The molecule has 1 saturated heterocycles. The molecule has 0 aromatic heterocycles. The topological polar surface area (TPSA) is 216 Å². The lowest BCUT2D eigenvalue weighted by atomic mass is 9.84. The van der Waals surface area contributed by atoms with Gasteiger partial charge in [0.05, 0.1) is 43.5 Å². The van der Waals surface area contributed by atoms with Crippen LogP contribution in [0.15, 0.2) is 58.7 Å². The number of phenolic OH excluding ortho intramolecular Hbond substituents is 1. The highest BCUT2D eigenvalue weighted by molar-refractivity contribution is 6.02. The SMILES string of the molecule is COC(=O)N1CCN(C(=O)Oc2cc3c(c4c2C[C@H](O)[C@@](C)(CC/C=C(\C)CCC=C(C)C)O4)CN([C@@H](CCCN2Cc4c(cc(O)c5c4O[C@](C)(CC/C=C(\C)CCC=C(C)C)[C@@H](O)C5)C2=O)C(=O)O)C3=O)CC1. The van der Waals surface area contributed by atoms with Gasteiger partial charge in [-0.05, 0) is 132 Å². The summed E-state index contributed by atoms with van der Waals surface area (Å²) in [6, 6.07) is 1.54. The monoisotopic (exact) mass is 1040 g/mol. The molecule has 0 radical (unpaired) electrons. The minimum absolute atomic E-state index is 0.0131. The number of rotatable bonds is 19. The Balaban J connectivity index is 1.07. The number of carbonyl (C=O) groups is 5. The van der Waals surface area contributed by atoms with Crippen molar-refractivity contribution in [2.24, 2.45) is 0 Å². The fourth-order valence-corrected chi connectivity index (χ4v) is 10.8. The Labute approximate surface area is 441 Å². The number of aliphatic hydroxyl groups is 2. The Bertz CT molecular complexity index is 2660. The number of hydrogen-bond donors (Lipinski definition) is 4. The molecule has 75 heavy (non-hydrogen) atoms. The number of carboxylic acid groups (broad SMARTS) is 1. The maximum absolute atomic E-state index is 14.5. The summed E-state index contributed by atoms with van der Waals surface area (Å²) >= 11 is 0. The molecule has 0 bridgehead atoms. The van der Waals surface area contributed by atoms with E-state index in [9.17, 15) is 44.4 Å². The van der Waals surface area contributed by atoms with Crippen molar-refractivity contribution in [1.29, 1.82) is 0 Å². The van der Waals surface area contributed by atoms with Gasteiger partial charge < -0.3 is 59.0 Å². The van der Waals surface area contributed by atoms with Gasteiger partial charge in [0.1, 0.15) is 40.2 Å². The molecule has 2 aromatic rings. The van der Waals surface area contributed by atoms with Crippen LogP contribution in [-0.4, -0.2) is 139 Å². The van der Waals surface area contributed by atoms with Gasteiger partial charge in [0.15, 0.2) is 0 Å². The van der Waals surface area contributed by atoms with Crippen LogP contribution in [0.2, 0.25) is 0 Å². The highest BCUT2D eigenvalue weighted by Crippen LogP contribution is 2.49. The van der Waals surface area contributed by atoms with Crippen LogP contribution in [0.25, 0.3) is 0 Å². The molecule has 5 atom stereocenters. The van der Waals surface area contributed by atoms with Crippen LogP contribution in [-0.2, 0) is 35.5 Å². The van der Waals surface area contributed by atoms with Crippen molar-refractivity contribution in [3.8, 4) is 23.0 Å². The molecule has 5 heterocycles. The zero-order chi connectivity index (χ0) is 54.5. The first-order chi connectivity index (χ1) is 35.5. The first-order valence-corrected chi connectivity index (χ1v) is 26.5. The summed E-state index contributed by atoms with van der Waals surface area (Å²) in [7, 11) is 1.29. The van der Waals surface area contributed by atoms with Gasteiger partial charge in [0, 0.05) is 67.8 Å². The van der Waals surface area contributed by atoms with E-state index in [-0.39, 0.29) is 106 Å². The fraction of sp³-hybridized carbons (Fsp3) is 0.569. The van der Waals surface area contributed by atoms with E-state index in [0.29, 0.717) is 53.7 Å². The van der Waals surface area contributed by atoms with Crippen LogP contribution < -0.4 is 14.2 Å². The van der Waals surface area contributed by atoms with Gasteiger partial charge in [0.25, 0.3) is 11.8 Å². The number of piperazine rings is 1. The molecule has 5 aliphatic heterocycles. The average Bonchev–Trinajstić information content (AvgIpc) is 3.85. The Morgan fingerprint density at radius 1 is 0.707 bits per heavy atom. The second-order valence-corrected chi connectivity index (χ2v) is 22.0. The predicted molar refractivity (Wildman–Crippen MR) is 282 cm³/mol. The Morgan fingerprint density at radius 3 is 1.75 bits per heavy atom. The Hall–Kier alpha value is -6.33. The number of hydrogen-bond acceptors (Lipinski definition) is 12. The van der Waals surface area contributed by atoms with Crippen molar-refractivity contribution in [3.05, 3.63) is 92.1 Å². The molecule has 0 aliphatic carbocycles. The number of fused-ring (bicyclic) bond motifs is 6. The third-order valence-corrected chi connectivity index (χ3v) is 15.7. The van der Waals surface area contributed by atoms with E-state index >= 15 is 0 Å². The molecule has 0 saturated carbocycles. The largest absolute Gasteiger partial charge is 0.508 e. The van der Waals surface area contributed by atoms with Crippen molar-refractivity contribution in [2.75, 3.05) is 39.8 Å². The van der Waals surface area contributed by atoms with Gasteiger partial charge >= 0.3 is 18.2 Å². The number of carboxylic acids is 1. The van der Waals surface area contributed by atoms with Crippen LogP contribution in [0.5, 0.6) is 23.0 Å². The van der Waals surface area contributed by atoms with E-state index in [4.69, 9.17) is 18.9 Å². The van der Waals surface area contributed by atoms with E-state index < -0.39 is 53.5 Å². The molecule has 0 unspecified atom stereocenters. The molecule has 1 fully saturated rings. The summed E-state index contributed by atoms with van der Waals surface area (Å²) in [5.41, 5.74) is 5.13. The number of amides is 4. The van der Waals surface area contributed by atoms with Crippen LogP contribution in [0.1, 0.15) is 163 Å². The molecule has 2 aromatic carbocycles. The lowest BCUT2D eigenvalue weighted by Gasteiger charge is -2.41. The van der Waals surface area contributed by atoms with Crippen molar-refractivity contribution in [3.63, 3.8) is 0 Å². The highest BCUT2D eigenvalue weighted by Gasteiger charge is 2.48. The number of aromatic hydroxyl groups is 1. The number of phenols is 1. The first-order valence-electron chi connectivity index (χ1n) is 26.5. The van der Waals surface area contributed by atoms with Crippen LogP contribution in [0.3, 0.4) is 0 Å².